The standard InChI is InChI=1S/C16H15N3O2/c17-15(20)10-2-1-3-14(7-10)19-16(21)11-4-5-12-8-18-9-13(12)6-11/h1-7,18H,8-9H2,(H2,17,20)(H,19,21). The first-order chi connectivity index (χ1) is 10.1. The molecule has 5 nitrogen and oxygen atoms in total. The number of primary amides is 1. The first kappa shape index (κ1) is 13.3. The van der Waals surface area contributed by atoms with Gasteiger partial charge in [-0.25, -0.2) is 0 Å². The van der Waals surface area contributed by atoms with Crippen molar-refractivity contribution in [3.05, 3.63) is 64.7 Å². The van der Waals surface area contributed by atoms with Gasteiger partial charge in [0.2, 0.25) is 5.91 Å². The number of nitrogens with two attached hydrogens (primary N) is 1. The summed E-state index contributed by atoms with van der Waals surface area (Å²) in [4.78, 5) is 23.4. The van der Waals surface area contributed by atoms with Gasteiger partial charge in [0.25, 0.3) is 5.91 Å². The lowest BCUT2D eigenvalue weighted by atomic mass is 10.1. The molecule has 2 aromatic rings. The molecule has 1 heterocycles. The second kappa shape index (κ2) is 5.38. The van der Waals surface area contributed by atoms with Crippen LogP contribution in [0.3, 0.4) is 0 Å². The Kier molecular flexibility index (Phi) is 3.41. The molecule has 21 heavy (non-hydrogen) atoms. The van der Waals surface area contributed by atoms with Crippen molar-refractivity contribution in [2.75, 3.05) is 5.32 Å². The molecule has 1 aliphatic heterocycles. The molecule has 0 aromatic heterocycles. The molecule has 0 saturated carbocycles. The van der Waals surface area contributed by atoms with Crippen molar-refractivity contribution in [2.24, 2.45) is 5.73 Å². The van der Waals surface area contributed by atoms with Gasteiger partial charge in [-0.2, -0.15) is 0 Å². The lowest BCUT2D eigenvalue weighted by Gasteiger charge is -2.07. The number of rotatable bonds is 3. The first-order valence-electron chi connectivity index (χ1n) is 6.67. The smallest absolute Gasteiger partial charge is 0.255 e. The van der Waals surface area contributed by atoms with E-state index in [0.717, 1.165) is 18.7 Å². The van der Waals surface area contributed by atoms with Crippen LogP contribution in [-0.4, -0.2) is 11.8 Å². The molecular weight excluding hydrogens is 266 g/mol. The van der Waals surface area contributed by atoms with Crippen molar-refractivity contribution in [1.82, 2.24) is 5.32 Å². The largest absolute Gasteiger partial charge is 0.366 e. The van der Waals surface area contributed by atoms with Crippen LogP contribution in [0.4, 0.5) is 5.69 Å². The maximum absolute atomic E-state index is 12.2. The van der Waals surface area contributed by atoms with Gasteiger partial charge < -0.3 is 16.4 Å². The summed E-state index contributed by atoms with van der Waals surface area (Å²) < 4.78 is 0. The second-order valence-electron chi connectivity index (χ2n) is 4.99. The van der Waals surface area contributed by atoms with E-state index in [4.69, 9.17) is 5.73 Å². The van der Waals surface area contributed by atoms with Crippen LogP contribution >= 0.6 is 0 Å². The van der Waals surface area contributed by atoms with Gasteiger partial charge >= 0.3 is 0 Å². The molecule has 1 aliphatic rings. The molecule has 0 fully saturated rings. The van der Waals surface area contributed by atoms with Gasteiger partial charge in [0.05, 0.1) is 0 Å². The summed E-state index contributed by atoms with van der Waals surface area (Å²) in [7, 11) is 0. The maximum Gasteiger partial charge on any atom is 0.255 e. The lowest BCUT2D eigenvalue weighted by Crippen LogP contribution is -2.14. The highest BCUT2D eigenvalue weighted by Crippen LogP contribution is 2.18. The van der Waals surface area contributed by atoms with E-state index in [0.29, 0.717) is 16.8 Å². The fourth-order valence-electron chi connectivity index (χ4n) is 2.39. The molecule has 0 saturated heterocycles. The molecule has 2 amide bonds. The van der Waals surface area contributed by atoms with Crippen molar-refractivity contribution >= 4 is 17.5 Å². The van der Waals surface area contributed by atoms with Crippen LogP contribution < -0.4 is 16.4 Å². The van der Waals surface area contributed by atoms with Crippen molar-refractivity contribution in [1.29, 1.82) is 0 Å². The van der Waals surface area contributed by atoms with E-state index in [9.17, 15) is 9.59 Å². The number of nitrogens with one attached hydrogen (secondary N) is 2. The highest BCUT2D eigenvalue weighted by atomic mass is 16.2. The van der Waals surface area contributed by atoms with Gasteiger partial charge in [0.1, 0.15) is 0 Å². The molecule has 0 atom stereocenters. The summed E-state index contributed by atoms with van der Waals surface area (Å²) in [5.41, 5.74) is 9.12. The zero-order valence-electron chi connectivity index (χ0n) is 11.3. The summed E-state index contributed by atoms with van der Waals surface area (Å²) >= 11 is 0. The van der Waals surface area contributed by atoms with Crippen LogP contribution in [0.15, 0.2) is 42.5 Å². The van der Waals surface area contributed by atoms with Crippen LogP contribution in [0.2, 0.25) is 0 Å². The predicted octanol–water partition coefficient (Wildman–Crippen LogP) is 1.64. The molecule has 0 radical (unpaired) electrons. The first-order valence-corrected chi connectivity index (χ1v) is 6.67. The lowest BCUT2D eigenvalue weighted by molar-refractivity contribution is 0.0996. The molecule has 0 bridgehead atoms. The monoisotopic (exact) mass is 281 g/mol. The van der Waals surface area contributed by atoms with Crippen molar-refractivity contribution in [2.45, 2.75) is 13.1 Å². The third-order valence-corrected chi connectivity index (χ3v) is 3.50. The topological polar surface area (TPSA) is 84.2 Å². The Bertz CT molecular complexity index is 725. The molecule has 2 aromatic carbocycles. The highest BCUT2D eigenvalue weighted by Gasteiger charge is 2.13. The van der Waals surface area contributed by atoms with Gasteiger partial charge in [-0.05, 0) is 41.5 Å². The Morgan fingerprint density at radius 2 is 1.81 bits per heavy atom. The number of fused-ring (bicyclic) bond motifs is 1. The van der Waals surface area contributed by atoms with Crippen molar-refractivity contribution in [3.63, 3.8) is 0 Å². The van der Waals surface area contributed by atoms with Crippen LogP contribution in [0.5, 0.6) is 0 Å². The van der Waals surface area contributed by atoms with Gasteiger partial charge in [-0.15, -0.1) is 0 Å². The summed E-state index contributed by atoms with van der Waals surface area (Å²) in [6, 6.07) is 12.2. The molecule has 4 N–H and O–H groups in total. The van der Waals surface area contributed by atoms with Gasteiger partial charge in [-0.3, -0.25) is 9.59 Å². The summed E-state index contributed by atoms with van der Waals surface area (Å²) in [6.07, 6.45) is 0. The Balaban J connectivity index is 1.80. The van der Waals surface area contributed by atoms with E-state index in [1.807, 2.05) is 12.1 Å². The summed E-state index contributed by atoms with van der Waals surface area (Å²) in [5.74, 6) is -0.721. The summed E-state index contributed by atoms with van der Waals surface area (Å²) in [6.45, 7) is 1.63. The van der Waals surface area contributed by atoms with E-state index in [2.05, 4.69) is 10.6 Å². The number of carbonyl (C=O) groups excluding carboxylic acids is 2. The quantitative estimate of drug-likeness (QED) is 0.799. The third kappa shape index (κ3) is 2.78. The van der Waals surface area contributed by atoms with Crippen molar-refractivity contribution in [3.8, 4) is 0 Å². The second-order valence-corrected chi connectivity index (χ2v) is 4.99. The zero-order valence-corrected chi connectivity index (χ0v) is 11.3. The van der Waals surface area contributed by atoms with Gasteiger partial charge in [0.15, 0.2) is 0 Å². The van der Waals surface area contributed by atoms with E-state index >= 15 is 0 Å². The average molecular weight is 281 g/mol. The van der Waals surface area contributed by atoms with E-state index in [1.165, 1.54) is 5.56 Å². The molecule has 106 valence electrons. The summed E-state index contributed by atoms with van der Waals surface area (Å²) in [5, 5.41) is 6.02. The van der Waals surface area contributed by atoms with Crippen LogP contribution in [0, 0.1) is 0 Å². The Labute approximate surface area is 122 Å². The Hall–Kier alpha value is -2.66. The minimum Gasteiger partial charge on any atom is -0.366 e. The third-order valence-electron chi connectivity index (χ3n) is 3.50. The normalized spacial score (nSPS) is 12.8. The number of amides is 2. The molecule has 0 unspecified atom stereocenters. The molecule has 0 spiro atoms. The minimum absolute atomic E-state index is 0.202. The number of benzene rings is 2. The fourth-order valence-corrected chi connectivity index (χ4v) is 2.39. The van der Waals surface area contributed by atoms with Crippen molar-refractivity contribution < 1.29 is 9.59 Å². The molecule has 0 aliphatic carbocycles. The van der Waals surface area contributed by atoms with Gasteiger partial charge in [0, 0.05) is 29.9 Å². The van der Waals surface area contributed by atoms with Crippen LogP contribution in [-0.2, 0) is 13.1 Å². The maximum atomic E-state index is 12.2. The zero-order chi connectivity index (χ0) is 14.8. The number of carbonyl (C=O) groups is 2. The number of hydrogen-bond acceptors (Lipinski definition) is 3. The van der Waals surface area contributed by atoms with E-state index in [1.54, 1.807) is 30.3 Å². The molecular formula is C16H15N3O2. The highest BCUT2D eigenvalue weighted by molar-refractivity contribution is 6.05. The molecule has 5 heteroatoms. The molecule has 3 rings (SSSR count). The minimum atomic E-state index is -0.519. The Morgan fingerprint density at radius 3 is 2.62 bits per heavy atom. The SMILES string of the molecule is NC(=O)c1cccc(NC(=O)c2ccc3c(c2)CNC3)c1. The van der Waals surface area contributed by atoms with Crippen LogP contribution in [0.25, 0.3) is 0 Å². The number of anilines is 1. The van der Waals surface area contributed by atoms with E-state index in [-0.39, 0.29) is 5.91 Å². The fraction of sp³-hybridized carbons (Fsp3) is 0.125. The average Bonchev–Trinajstić information content (AvgIpc) is 2.94. The predicted molar refractivity (Wildman–Crippen MR) is 79.9 cm³/mol. The van der Waals surface area contributed by atoms with Gasteiger partial charge in [-0.1, -0.05) is 12.1 Å². The Morgan fingerprint density at radius 1 is 1.00 bits per heavy atom. The van der Waals surface area contributed by atoms with E-state index < -0.39 is 5.91 Å². The van der Waals surface area contributed by atoms with Crippen LogP contribution in [0.1, 0.15) is 31.8 Å². The number of hydrogen-bond donors (Lipinski definition) is 3.